The lowest BCUT2D eigenvalue weighted by atomic mass is 10.2. The van der Waals surface area contributed by atoms with E-state index in [1.54, 1.807) is 24.3 Å². The van der Waals surface area contributed by atoms with Crippen LogP contribution in [0.4, 0.5) is 0 Å². The summed E-state index contributed by atoms with van der Waals surface area (Å²) in [5.74, 6) is -0.826. The molecule has 19 heavy (non-hydrogen) atoms. The van der Waals surface area contributed by atoms with Crippen LogP contribution in [0.1, 0.15) is 6.42 Å². The van der Waals surface area contributed by atoms with Gasteiger partial charge in [-0.15, -0.1) is 0 Å². The van der Waals surface area contributed by atoms with Crippen LogP contribution in [0.3, 0.4) is 0 Å². The topological polar surface area (TPSA) is 98.9 Å². The zero-order valence-corrected chi connectivity index (χ0v) is 11.9. The lowest BCUT2D eigenvalue weighted by Gasteiger charge is -2.18. The van der Waals surface area contributed by atoms with Crippen molar-refractivity contribution < 1.29 is 23.5 Å². The predicted molar refractivity (Wildman–Crippen MR) is 71.8 cm³/mol. The monoisotopic (exact) mass is 307 g/mol. The van der Waals surface area contributed by atoms with Gasteiger partial charge < -0.3 is 19.9 Å². The Morgan fingerprint density at radius 1 is 1.47 bits per heavy atom. The molecule has 1 rings (SSSR count). The van der Waals surface area contributed by atoms with Crippen LogP contribution in [0.15, 0.2) is 24.3 Å². The van der Waals surface area contributed by atoms with Crippen molar-refractivity contribution in [3.63, 3.8) is 0 Å². The number of carboxylic acid groups (broad SMARTS) is 1. The summed E-state index contributed by atoms with van der Waals surface area (Å²) < 4.78 is 22.4. The smallest absolute Gasteiger partial charge is 0.378 e. The first kappa shape index (κ1) is 16.0. The first-order valence-electron chi connectivity index (χ1n) is 5.44. The number of carbonyl (C=O) groups is 1. The van der Waals surface area contributed by atoms with E-state index in [2.05, 4.69) is 0 Å². The molecule has 0 radical (unpaired) electrons. The SMILES string of the molecule is COP(=O)(CCC(N)C(=O)O)Oc1ccc(Cl)cc1. The molecule has 1 aromatic carbocycles. The van der Waals surface area contributed by atoms with Gasteiger partial charge in [-0.2, -0.15) is 0 Å². The third-order valence-electron chi connectivity index (χ3n) is 2.37. The van der Waals surface area contributed by atoms with E-state index in [0.29, 0.717) is 10.8 Å². The first-order chi connectivity index (χ1) is 8.86. The molecule has 0 aliphatic heterocycles. The molecule has 2 unspecified atom stereocenters. The molecule has 0 saturated carbocycles. The lowest BCUT2D eigenvalue weighted by molar-refractivity contribution is -0.138. The van der Waals surface area contributed by atoms with Crippen molar-refractivity contribution >= 4 is 25.2 Å². The van der Waals surface area contributed by atoms with Gasteiger partial charge in [0.05, 0.1) is 6.16 Å². The number of halogens is 1. The highest BCUT2D eigenvalue weighted by Crippen LogP contribution is 2.48. The number of hydrogen-bond donors (Lipinski definition) is 2. The summed E-state index contributed by atoms with van der Waals surface area (Å²) in [5, 5.41) is 9.18. The van der Waals surface area contributed by atoms with E-state index in [-0.39, 0.29) is 12.6 Å². The zero-order valence-electron chi connectivity index (χ0n) is 10.3. The van der Waals surface area contributed by atoms with E-state index in [0.717, 1.165) is 0 Å². The third kappa shape index (κ3) is 5.20. The summed E-state index contributed by atoms with van der Waals surface area (Å²) in [4.78, 5) is 10.6. The summed E-state index contributed by atoms with van der Waals surface area (Å²) >= 11 is 5.72. The summed E-state index contributed by atoms with van der Waals surface area (Å²) in [6.07, 6.45) is -0.0896. The highest BCUT2D eigenvalue weighted by molar-refractivity contribution is 7.54. The largest absolute Gasteiger partial charge is 0.480 e. The maximum absolute atomic E-state index is 12.2. The highest BCUT2D eigenvalue weighted by atomic mass is 35.5. The Morgan fingerprint density at radius 2 is 2.05 bits per heavy atom. The fourth-order valence-corrected chi connectivity index (χ4v) is 2.76. The molecule has 0 aliphatic rings. The molecule has 1 aromatic rings. The van der Waals surface area contributed by atoms with Crippen molar-refractivity contribution in [2.24, 2.45) is 5.73 Å². The molecule has 0 aliphatic carbocycles. The van der Waals surface area contributed by atoms with Crippen LogP contribution in [0, 0.1) is 0 Å². The number of rotatable bonds is 7. The van der Waals surface area contributed by atoms with Crippen LogP contribution in [-0.4, -0.2) is 30.4 Å². The summed E-state index contributed by atoms with van der Waals surface area (Å²) in [6.45, 7) is 0. The molecule has 8 heteroatoms. The molecule has 0 aromatic heterocycles. The minimum atomic E-state index is -3.42. The summed E-state index contributed by atoms with van der Waals surface area (Å²) in [7, 11) is -2.18. The predicted octanol–water partition coefficient (Wildman–Crippen LogP) is 2.36. The Labute approximate surface area is 116 Å². The Bertz CT molecular complexity index is 478. The average Bonchev–Trinajstić information content (AvgIpc) is 2.38. The van der Waals surface area contributed by atoms with Gasteiger partial charge in [0.1, 0.15) is 11.8 Å². The van der Waals surface area contributed by atoms with Crippen LogP contribution in [-0.2, 0) is 13.9 Å². The Kier molecular flexibility index (Phi) is 5.82. The van der Waals surface area contributed by atoms with Gasteiger partial charge in [0.15, 0.2) is 0 Å². The third-order valence-corrected chi connectivity index (χ3v) is 4.47. The molecule has 0 saturated heterocycles. The average molecular weight is 308 g/mol. The number of benzene rings is 1. The van der Waals surface area contributed by atoms with E-state index >= 15 is 0 Å². The van der Waals surface area contributed by atoms with Gasteiger partial charge in [-0.3, -0.25) is 4.79 Å². The molecular weight excluding hydrogens is 293 g/mol. The lowest BCUT2D eigenvalue weighted by Crippen LogP contribution is -2.31. The van der Waals surface area contributed by atoms with E-state index in [4.69, 9.17) is 31.5 Å². The highest BCUT2D eigenvalue weighted by Gasteiger charge is 2.27. The van der Waals surface area contributed by atoms with Crippen molar-refractivity contribution in [1.82, 2.24) is 0 Å². The van der Waals surface area contributed by atoms with Crippen molar-refractivity contribution in [2.75, 3.05) is 13.3 Å². The molecule has 3 N–H and O–H groups in total. The van der Waals surface area contributed by atoms with Gasteiger partial charge in [0.2, 0.25) is 0 Å². The number of carboxylic acids is 1. The standard InChI is InChI=1S/C11H15ClNO5P/c1-17-19(16,7-6-10(13)11(14)15)18-9-4-2-8(12)3-5-9/h2-5,10H,6-7,13H2,1H3,(H,14,15). The quantitative estimate of drug-likeness (QED) is 0.750. The van der Waals surface area contributed by atoms with E-state index in [1.807, 2.05) is 0 Å². The number of nitrogens with two attached hydrogens (primary N) is 1. The van der Waals surface area contributed by atoms with Crippen molar-refractivity contribution in [1.29, 1.82) is 0 Å². The fraction of sp³-hybridized carbons (Fsp3) is 0.364. The second-order valence-electron chi connectivity index (χ2n) is 3.80. The second kappa shape index (κ2) is 6.91. The van der Waals surface area contributed by atoms with Crippen LogP contribution in [0.2, 0.25) is 5.02 Å². The first-order valence-corrected chi connectivity index (χ1v) is 7.55. The molecular formula is C11H15ClNO5P. The van der Waals surface area contributed by atoms with Gasteiger partial charge in [-0.25, -0.2) is 4.57 Å². The summed E-state index contributed by atoms with van der Waals surface area (Å²) in [6, 6.07) is 5.16. The number of aliphatic carboxylic acids is 1. The Hall–Kier alpha value is -1.07. The van der Waals surface area contributed by atoms with Crippen LogP contribution >= 0.6 is 19.2 Å². The van der Waals surface area contributed by atoms with Crippen molar-refractivity contribution in [3.8, 4) is 5.75 Å². The Balaban J connectivity index is 2.67. The molecule has 0 bridgehead atoms. The van der Waals surface area contributed by atoms with Crippen LogP contribution in [0.5, 0.6) is 5.75 Å². The maximum atomic E-state index is 12.2. The van der Waals surface area contributed by atoms with E-state index in [9.17, 15) is 9.36 Å². The second-order valence-corrected chi connectivity index (χ2v) is 6.45. The molecule has 0 spiro atoms. The van der Waals surface area contributed by atoms with Gasteiger partial charge >= 0.3 is 13.6 Å². The normalized spacial score (nSPS) is 15.5. The molecule has 2 atom stereocenters. The zero-order chi connectivity index (χ0) is 14.5. The van der Waals surface area contributed by atoms with Gasteiger partial charge in [0, 0.05) is 12.1 Å². The number of hydrogen-bond acceptors (Lipinski definition) is 5. The fourth-order valence-electron chi connectivity index (χ4n) is 1.25. The molecule has 6 nitrogen and oxygen atoms in total. The summed E-state index contributed by atoms with van der Waals surface area (Å²) in [5.41, 5.74) is 5.34. The van der Waals surface area contributed by atoms with E-state index < -0.39 is 19.6 Å². The van der Waals surface area contributed by atoms with E-state index in [1.165, 1.54) is 7.11 Å². The molecule has 0 fully saturated rings. The van der Waals surface area contributed by atoms with Crippen LogP contribution in [0.25, 0.3) is 0 Å². The molecule has 106 valence electrons. The minimum Gasteiger partial charge on any atom is -0.480 e. The molecule has 0 heterocycles. The van der Waals surface area contributed by atoms with Gasteiger partial charge in [-0.05, 0) is 30.7 Å². The maximum Gasteiger partial charge on any atom is 0.378 e. The minimum absolute atomic E-state index is 0.00591. The molecule has 0 amide bonds. The van der Waals surface area contributed by atoms with Crippen LogP contribution < -0.4 is 10.3 Å². The Morgan fingerprint density at radius 3 is 2.53 bits per heavy atom. The van der Waals surface area contributed by atoms with Crippen molar-refractivity contribution in [3.05, 3.63) is 29.3 Å². The van der Waals surface area contributed by atoms with Gasteiger partial charge in [0.25, 0.3) is 0 Å². The van der Waals surface area contributed by atoms with Gasteiger partial charge in [-0.1, -0.05) is 11.6 Å². The van der Waals surface area contributed by atoms with Crippen molar-refractivity contribution in [2.45, 2.75) is 12.5 Å².